The van der Waals surface area contributed by atoms with Crippen molar-refractivity contribution in [3.8, 4) is 11.1 Å². The molecule has 0 bridgehead atoms. The molecule has 0 aliphatic rings. The van der Waals surface area contributed by atoms with Crippen LogP contribution in [-0.4, -0.2) is 51.9 Å². The summed E-state index contributed by atoms with van der Waals surface area (Å²) in [5.74, 6) is 4.87. The van der Waals surface area contributed by atoms with E-state index in [1.807, 2.05) is 5.53 Å². The summed E-state index contributed by atoms with van der Waals surface area (Å²) in [4.78, 5) is 6.50. The number of rotatable bonds is 8. The lowest BCUT2D eigenvalue weighted by Gasteiger charge is -2.18. The van der Waals surface area contributed by atoms with Gasteiger partial charge in [-0.05, 0) is 17.7 Å². The second-order valence-corrected chi connectivity index (χ2v) is 9.73. The minimum atomic E-state index is -4.47. The first kappa shape index (κ1) is 23.6. The van der Waals surface area contributed by atoms with Crippen LogP contribution < -0.4 is 33.7 Å². The van der Waals surface area contributed by atoms with Gasteiger partial charge in [-0.15, -0.1) is 5.10 Å². The lowest BCUT2D eigenvalue weighted by molar-refractivity contribution is 0.275. The number of primary sulfonamides is 1. The van der Waals surface area contributed by atoms with Crippen LogP contribution in [0.15, 0.2) is 45.2 Å². The molecule has 13 nitrogen and oxygen atoms in total. The molecule has 172 valence electrons. The molecule has 32 heavy (non-hydrogen) atoms. The molecular weight excluding hydrogens is 458 g/mol. The molecule has 0 aliphatic carbocycles. The van der Waals surface area contributed by atoms with Gasteiger partial charge in [0.15, 0.2) is 11.8 Å². The highest BCUT2D eigenvalue weighted by Crippen LogP contribution is 2.36. The zero-order chi connectivity index (χ0) is 23.6. The average Bonchev–Trinajstić information content (AvgIpc) is 3.12. The number of aromatic amines is 1. The number of hydrogen-bond donors (Lipinski definition) is 8. The zero-order valence-electron chi connectivity index (χ0n) is 16.6. The van der Waals surface area contributed by atoms with E-state index in [2.05, 4.69) is 15.1 Å². The number of aromatic nitrogens is 2. The molecule has 3 rings (SSSR count). The van der Waals surface area contributed by atoms with E-state index < -0.39 is 38.4 Å². The number of aliphatic hydroxyl groups excluding tert-OH is 1. The van der Waals surface area contributed by atoms with Crippen molar-refractivity contribution in [3.63, 3.8) is 0 Å². The molecule has 2 aromatic carbocycles. The van der Waals surface area contributed by atoms with E-state index in [0.29, 0.717) is 16.6 Å². The number of aliphatic hydroxyl groups is 1. The fourth-order valence-electron chi connectivity index (χ4n) is 3.23. The molecular formula is C17H23N9O4S2. The quantitative estimate of drug-likeness (QED) is 0.0757. The highest BCUT2D eigenvalue weighted by molar-refractivity contribution is 7.91. The molecule has 3 aromatic rings. The molecule has 0 radical (unpaired) electrons. The van der Waals surface area contributed by atoms with E-state index in [1.54, 1.807) is 18.2 Å². The fraction of sp³-hybridized carbons (Fsp3) is 0.176. The van der Waals surface area contributed by atoms with Crippen LogP contribution >= 0.6 is 0 Å². The second kappa shape index (κ2) is 9.19. The number of sulfonamides is 1. The third-order valence-corrected chi connectivity index (χ3v) is 7.20. The average molecular weight is 482 g/mol. The van der Waals surface area contributed by atoms with Crippen molar-refractivity contribution in [1.82, 2.24) is 15.5 Å². The number of hydrazone groups is 1. The Morgan fingerprint density at radius 1 is 1.28 bits per heavy atom. The lowest BCUT2D eigenvalue weighted by atomic mass is 9.97. The molecule has 1 aromatic heterocycles. The first-order chi connectivity index (χ1) is 15.1. The Balaban J connectivity index is 2.41. The molecule has 0 fully saturated rings. The number of benzene rings is 2. The third kappa shape index (κ3) is 4.57. The van der Waals surface area contributed by atoms with Crippen LogP contribution in [0.2, 0.25) is 0 Å². The van der Waals surface area contributed by atoms with Crippen LogP contribution in [-0.2, 0) is 20.8 Å². The minimum absolute atomic E-state index is 0.122. The van der Waals surface area contributed by atoms with E-state index in [9.17, 15) is 17.7 Å². The van der Waals surface area contributed by atoms with Crippen LogP contribution in [0.5, 0.6) is 0 Å². The van der Waals surface area contributed by atoms with E-state index in [1.165, 1.54) is 12.1 Å². The summed E-state index contributed by atoms with van der Waals surface area (Å²) in [5, 5.41) is 18.4. The van der Waals surface area contributed by atoms with Crippen molar-refractivity contribution in [1.29, 1.82) is 0 Å². The van der Waals surface area contributed by atoms with Crippen LogP contribution in [0, 0.1) is 0 Å². The summed E-state index contributed by atoms with van der Waals surface area (Å²) in [7, 11) is -6.41. The lowest BCUT2D eigenvalue weighted by Crippen LogP contribution is -2.32. The largest absolute Gasteiger partial charge is 0.395 e. The number of para-hydroxylation sites is 1. The highest BCUT2D eigenvalue weighted by atomic mass is 32.2. The van der Waals surface area contributed by atoms with Gasteiger partial charge in [-0.3, -0.25) is 4.21 Å². The maximum absolute atomic E-state index is 12.9. The Hall–Kier alpha value is -3.08. The first-order valence-corrected chi connectivity index (χ1v) is 11.9. The van der Waals surface area contributed by atoms with E-state index >= 15 is 0 Å². The Kier molecular flexibility index (Phi) is 6.77. The Bertz CT molecular complexity index is 1320. The van der Waals surface area contributed by atoms with Crippen LogP contribution in [0.3, 0.4) is 0 Å². The summed E-state index contributed by atoms with van der Waals surface area (Å²) >= 11 is 0. The number of imidazole rings is 1. The van der Waals surface area contributed by atoms with Crippen LogP contribution in [0.25, 0.3) is 22.2 Å². The van der Waals surface area contributed by atoms with Gasteiger partial charge in [-0.2, -0.15) is 0 Å². The summed E-state index contributed by atoms with van der Waals surface area (Å²) in [5.41, 5.74) is 21.2. The van der Waals surface area contributed by atoms with Gasteiger partial charge in [-0.1, -0.05) is 18.2 Å². The smallest absolute Gasteiger partial charge is 0.240 e. The standard InChI is InChI=1S/C17H23N9O4S2/c18-8(6-27)7-31(28)12-5-4-9(10-2-1-3-11-14(10)24-17(20)23-11)13(16(19)25-26-21)15(12)32(22,29)30/h1-5,8,26-27H,6-7,18,21H2,(H2,19,25)(H3,20,23,24)(H2,22,29,30). The summed E-state index contributed by atoms with van der Waals surface area (Å²) < 4.78 is 38.2. The van der Waals surface area contributed by atoms with Crippen molar-refractivity contribution < 1.29 is 17.7 Å². The monoisotopic (exact) mass is 481 g/mol. The second-order valence-electron chi connectivity index (χ2n) is 6.77. The van der Waals surface area contributed by atoms with Crippen LogP contribution in [0.1, 0.15) is 5.56 Å². The highest BCUT2D eigenvalue weighted by Gasteiger charge is 2.29. The number of nitrogens with one attached hydrogen (secondary N) is 2. The molecule has 0 saturated carbocycles. The molecule has 13 N–H and O–H groups in total. The van der Waals surface area contributed by atoms with Crippen molar-refractivity contribution in [2.24, 2.45) is 27.6 Å². The van der Waals surface area contributed by atoms with Crippen molar-refractivity contribution >= 4 is 43.6 Å². The molecule has 0 saturated heterocycles. The molecule has 2 unspecified atom stereocenters. The van der Waals surface area contributed by atoms with Gasteiger partial charge in [-0.25, -0.2) is 29.9 Å². The zero-order valence-corrected chi connectivity index (χ0v) is 18.3. The molecule has 1 heterocycles. The summed E-state index contributed by atoms with van der Waals surface area (Å²) in [6.45, 7) is -0.440. The Labute approximate surface area is 185 Å². The van der Waals surface area contributed by atoms with Gasteiger partial charge in [0.1, 0.15) is 4.90 Å². The van der Waals surface area contributed by atoms with Gasteiger partial charge >= 0.3 is 0 Å². The summed E-state index contributed by atoms with van der Waals surface area (Å²) in [6, 6.07) is 7.13. The van der Waals surface area contributed by atoms with Gasteiger partial charge < -0.3 is 27.3 Å². The number of nitrogen functional groups attached to an aromatic ring is 1. The number of fused-ring (bicyclic) bond motifs is 1. The van der Waals surface area contributed by atoms with E-state index in [4.69, 9.17) is 28.2 Å². The van der Waals surface area contributed by atoms with Gasteiger partial charge in [0, 0.05) is 22.9 Å². The van der Waals surface area contributed by atoms with Crippen LogP contribution in [0.4, 0.5) is 5.95 Å². The van der Waals surface area contributed by atoms with E-state index in [-0.39, 0.29) is 33.6 Å². The van der Waals surface area contributed by atoms with E-state index in [0.717, 1.165) is 0 Å². The number of nitrogens with two attached hydrogens (primary N) is 5. The Morgan fingerprint density at radius 2 is 2.00 bits per heavy atom. The van der Waals surface area contributed by atoms with Gasteiger partial charge in [0.2, 0.25) is 10.0 Å². The topological polar surface area (TPSA) is 255 Å². The third-order valence-electron chi connectivity index (χ3n) is 4.51. The molecule has 0 spiro atoms. The first-order valence-electron chi connectivity index (χ1n) is 9.06. The molecule has 2 atom stereocenters. The SMILES string of the molecule is NN/N=C(\N)c1c(-c2cccc3[nH]c(N)nc23)ccc(S(=O)CC(N)CO)c1S(N)(=O)=O. The van der Waals surface area contributed by atoms with Crippen molar-refractivity contribution in [2.75, 3.05) is 18.1 Å². The number of amidine groups is 1. The van der Waals surface area contributed by atoms with Crippen molar-refractivity contribution in [2.45, 2.75) is 15.8 Å². The number of nitrogens with zero attached hydrogens (tertiary/aromatic N) is 2. The van der Waals surface area contributed by atoms with Gasteiger partial charge in [0.05, 0.1) is 33.3 Å². The molecule has 15 heteroatoms. The molecule has 0 aliphatic heterocycles. The number of hydrazine groups is 1. The number of anilines is 1. The maximum atomic E-state index is 12.9. The predicted octanol–water partition coefficient (Wildman–Crippen LogP) is -2.03. The minimum Gasteiger partial charge on any atom is -0.395 e. The fourth-order valence-corrected chi connectivity index (χ4v) is 5.91. The normalized spacial score (nSPS) is 14.4. The Morgan fingerprint density at radius 3 is 2.62 bits per heavy atom. The summed E-state index contributed by atoms with van der Waals surface area (Å²) in [6.07, 6.45) is 0. The maximum Gasteiger partial charge on any atom is 0.240 e. The van der Waals surface area contributed by atoms with Gasteiger partial charge in [0.25, 0.3) is 0 Å². The van der Waals surface area contributed by atoms with Crippen molar-refractivity contribution in [3.05, 3.63) is 35.9 Å². The number of hydrogen-bond acceptors (Lipinski definition) is 10. The number of H-pyrrole nitrogens is 1. The molecule has 0 amide bonds. The predicted molar refractivity (Wildman–Crippen MR) is 122 cm³/mol.